The molecule has 0 aromatic rings. The molecule has 0 bridgehead atoms. The summed E-state index contributed by atoms with van der Waals surface area (Å²) in [6.45, 7) is -9.72. The monoisotopic (exact) mass is 1960 g/mol. The second-order valence-electron chi connectivity index (χ2n) is 33.5. The lowest BCUT2D eigenvalue weighted by Gasteiger charge is -2.33. The summed E-state index contributed by atoms with van der Waals surface area (Å²) in [7, 11) is 22.6. The average molecular weight is 1960 g/mol. The largest absolute Gasteiger partial charge is 0.380 e. The van der Waals surface area contributed by atoms with Crippen LogP contribution >= 0.6 is 0 Å². The van der Waals surface area contributed by atoms with Crippen LogP contribution in [0.4, 0.5) is 0 Å². The number of hydrogen-bond donors (Lipinski definition) is 1. The maximum Gasteiger partial charge on any atom is 0.242 e. The summed E-state index contributed by atoms with van der Waals surface area (Å²) < 4.78 is 24.6. The Morgan fingerprint density at radius 1 is 0.217 bits per heavy atom. The quantitative estimate of drug-likeness (QED) is 0.0281. The maximum atomic E-state index is 13.8. The third-order valence-corrected chi connectivity index (χ3v) is 21.1. The molecule has 0 atom stereocenters. The summed E-state index contributed by atoms with van der Waals surface area (Å²) in [4.78, 5) is 306. The highest BCUT2D eigenvalue weighted by molar-refractivity contribution is 5.96. The third-order valence-electron chi connectivity index (χ3n) is 21.1. The van der Waals surface area contributed by atoms with Crippen molar-refractivity contribution in [3.8, 4) is 0 Å². The minimum Gasteiger partial charge on any atom is -0.380 e. The van der Waals surface area contributed by atoms with Gasteiger partial charge >= 0.3 is 0 Å². The molecule has 0 aliphatic carbocycles. The van der Waals surface area contributed by atoms with Crippen molar-refractivity contribution in [2.24, 2.45) is 25.9 Å². The topological polar surface area (TPSA) is 658 Å². The van der Waals surface area contributed by atoms with Gasteiger partial charge in [0.25, 0.3) is 0 Å². The lowest BCUT2D eigenvalue weighted by atomic mass is 9.92. The Morgan fingerprint density at radius 2 is 0.377 bits per heavy atom. The van der Waals surface area contributed by atoms with Crippen molar-refractivity contribution in [2.45, 2.75) is 89.9 Å². The van der Waals surface area contributed by atoms with Crippen molar-refractivity contribution in [2.75, 3.05) is 317 Å². The number of hydrogen-bond acceptors (Lipinski definition) is 29. The molecule has 55 heteroatoms. The van der Waals surface area contributed by atoms with Gasteiger partial charge in [0.1, 0.15) is 0 Å². The minimum absolute atomic E-state index is 0.129. The molecule has 0 saturated carbocycles. The highest BCUT2D eigenvalue weighted by atomic mass is 16.5. The number of carbonyl (C=O) groups is 21. The number of ether oxygens (including phenoxy) is 4. The number of unbranched alkanes of at least 4 members (excludes halogenated alkanes) is 3. The van der Waals surface area contributed by atoms with Crippen LogP contribution in [-0.4, -0.2) is 524 Å². The molecule has 0 unspecified atom stereocenters. The average Bonchev–Trinajstić information content (AvgIpc) is 0.856. The summed E-state index contributed by atoms with van der Waals surface area (Å²) in [6, 6.07) is 0. The van der Waals surface area contributed by atoms with Crippen LogP contribution in [0.25, 0.3) is 41.8 Å². The van der Waals surface area contributed by atoms with E-state index in [9.17, 15) is 101 Å². The number of ketones is 3. The Bertz CT molecular complexity index is 3960. The molecule has 0 rings (SSSR count). The fourth-order valence-corrected chi connectivity index (χ4v) is 11.9. The molecule has 1 N–H and O–H groups in total. The number of Topliss-reactive ketones (excluding diaryl/α,β-unsaturated/α-hetero) is 3. The summed E-state index contributed by atoms with van der Waals surface area (Å²) in [5.41, 5.74) is 32.4. The first-order chi connectivity index (χ1) is 65.0. The Labute approximate surface area is 803 Å². The van der Waals surface area contributed by atoms with Crippen LogP contribution in [0.2, 0.25) is 0 Å². The van der Waals surface area contributed by atoms with Crippen LogP contribution in [0, 0.1) is 5.41 Å². The van der Waals surface area contributed by atoms with Crippen molar-refractivity contribution < 1.29 is 120 Å². The normalized spacial score (nSPS) is 11.0. The van der Waals surface area contributed by atoms with Crippen molar-refractivity contribution >= 4 is 124 Å². The van der Waals surface area contributed by atoms with E-state index in [4.69, 9.17) is 41.1 Å². The molecular formula is C83H140N30O25. The van der Waals surface area contributed by atoms with Gasteiger partial charge in [-0.3, -0.25) is 101 Å². The molecule has 0 heterocycles. The van der Waals surface area contributed by atoms with Gasteiger partial charge < -0.3 is 108 Å². The molecule has 55 nitrogen and oxygen atoms in total. The molecule has 18 amide bonds. The molecule has 772 valence electrons. The second kappa shape index (κ2) is 69.4. The molecule has 0 aliphatic heterocycles. The van der Waals surface area contributed by atoms with Gasteiger partial charge in [0.2, 0.25) is 106 Å². The number of likely N-dealkylation sites (N-methyl/N-ethyl adjacent to an activating group) is 17. The van der Waals surface area contributed by atoms with E-state index in [1.807, 2.05) is 0 Å². The van der Waals surface area contributed by atoms with Crippen LogP contribution < -0.4 is 5.32 Å². The van der Waals surface area contributed by atoms with Gasteiger partial charge in [0.15, 0.2) is 17.3 Å². The Morgan fingerprint density at radius 3 is 0.558 bits per heavy atom. The molecule has 0 radical (unpaired) electrons. The van der Waals surface area contributed by atoms with Gasteiger partial charge in [-0.05, 0) is 67.1 Å². The number of rotatable bonds is 73. The molecule has 0 aliphatic rings. The Kier molecular flexibility index (Phi) is 62.6. The van der Waals surface area contributed by atoms with Crippen molar-refractivity contribution in [1.29, 1.82) is 0 Å². The highest BCUT2D eigenvalue weighted by Gasteiger charge is 2.35. The first-order valence-electron chi connectivity index (χ1n) is 44.2. The van der Waals surface area contributed by atoms with Crippen LogP contribution in [0.1, 0.15) is 89.9 Å². The smallest absolute Gasteiger partial charge is 0.242 e. The maximum absolute atomic E-state index is 13.8. The van der Waals surface area contributed by atoms with Crippen molar-refractivity contribution in [3.05, 3.63) is 41.8 Å². The van der Waals surface area contributed by atoms with Crippen LogP contribution in [0.3, 0.4) is 0 Å². The number of nitrogens with one attached hydrogen (secondary N) is 1. The third kappa shape index (κ3) is 54.3. The minimum atomic E-state index is -1.50. The van der Waals surface area contributed by atoms with Crippen molar-refractivity contribution in [3.63, 3.8) is 0 Å². The number of nitrogens with zero attached hydrogens (tertiary/aromatic N) is 29. The summed E-state index contributed by atoms with van der Waals surface area (Å²) >= 11 is 0. The fraction of sp³-hybridized carbons (Fsp3) is 0.747. The van der Waals surface area contributed by atoms with E-state index in [1.54, 1.807) is 0 Å². The van der Waals surface area contributed by atoms with E-state index in [1.165, 1.54) is 120 Å². The fourth-order valence-electron chi connectivity index (χ4n) is 11.9. The van der Waals surface area contributed by atoms with E-state index < -0.39 is 223 Å². The van der Waals surface area contributed by atoms with Gasteiger partial charge in [0, 0.05) is 191 Å². The van der Waals surface area contributed by atoms with Crippen LogP contribution in [0.15, 0.2) is 20.5 Å². The van der Waals surface area contributed by atoms with Crippen molar-refractivity contribution in [1.82, 2.24) is 88.6 Å². The van der Waals surface area contributed by atoms with E-state index >= 15 is 0 Å². The van der Waals surface area contributed by atoms with Gasteiger partial charge in [-0.2, -0.15) is 0 Å². The van der Waals surface area contributed by atoms with E-state index in [-0.39, 0.29) is 148 Å². The predicted molar refractivity (Wildman–Crippen MR) is 494 cm³/mol. The lowest BCUT2D eigenvalue weighted by molar-refractivity contribution is -0.146. The molecule has 0 aromatic heterocycles. The number of azide groups is 4. The van der Waals surface area contributed by atoms with E-state index in [0.29, 0.717) is 44.9 Å². The lowest BCUT2D eigenvalue weighted by Crippen LogP contribution is -2.47. The molecule has 138 heavy (non-hydrogen) atoms. The molecule has 0 fully saturated rings. The molecule has 0 saturated heterocycles. The number of carbonyl (C=O) groups excluding carboxylic acids is 21. The Hall–Kier alpha value is -13.4. The first-order valence-corrected chi connectivity index (χ1v) is 44.2. The highest BCUT2D eigenvalue weighted by Crippen LogP contribution is 2.23. The molecular weight excluding hydrogens is 1820 g/mol. The summed E-state index contributed by atoms with van der Waals surface area (Å²) in [6.07, 6.45) is 2.02. The zero-order valence-electron chi connectivity index (χ0n) is 82.8. The van der Waals surface area contributed by atoms with E-state index in [2.05, 4.69) is 45.4 Å². The Balaban J connectivity index is 6.94. The van der Waals surface area contributed by atoms with Gasteiger partial charge in [-0.15, -0.1) is 0 Å². The molecule has 0 aromatic carbocycles. The number of amides is 18. The molecule has 0 spiro atoms. The van der Waals surface area contributed by atoms with Crippen LogP contribution in [-0.2, 0) is 120 Å². The predicted octanol–water partition coefficient (Wildman–Crippen LogP) is -2.64. The van der Waals surface area contributed by atoms with Gasteiger partial charge in [-0.1, -0.05) is 20.5 Å². The van der Waals surface area contributed by atoms with Gasteiger partial charge in [-0.25, -0.2) is 0 Å². The van der Waals surface area contributed by atoms with Crippen LogP contribution in [0.5, 0.6) is 0 Å². The van der Waals surface area contributed by atoms with E-state index in [0.717, 1.165) is 83.3 Å². The van der Waals surface area contributed by atoms with Gasteiger partial charge in [0.05, 0.1) is 195 Å². The summed E-state index contributed by atoms with van der Waals surface area (Å²) in [5, 5.41) is 16.3. The first kappa shape index (κ1) is 125. The zero-order valence-corrected chi connectivity index (χ0v) is 82.8. The SMILES string of the molecule is CN(CC(=O)CCCCN=[N+]=[N-])C(=O)CN(C)C(=O)CN(C)C(=O)CN(C)C(=O)CN(C)C(=O)CCOCC(COCCC(=O)N(C)CC(=O)N(C)CC(=O)NCCCN=[N+]=[N-])(COCCC(=O)N(C)CC(=O)N(C)CC(=O)N(C)CC(=O)N(C)CC(=O)N(C)CC(=O)CCCCN=[N+]=[N-])COCCC(=O)N(C)CC(=O)N(C)CC(=O)N(C)CC(=O)N(C)CC(=O)N(C)CC(=O)CCCCN=[N+]=[N-]. The zero-order chi connectivity index (χ0) is 105. The summed E-state index contributed by atoms with van der Waals surface area (Å²) in [5.74, 6) is -12.1. The standard InChI is InChI=1S/C83H140N30O25/c1-97(41-62(114)25-18-21-33-89-93-84)70(122)49-105(9)77(129)55-111(15)80(132)52-108(12)74(126)46-102(6)67(119)29-38-136-59-83(58-135-37-28-66(118)101(5)45-73(125)100(4)44-65(117)88-32-24-36-92-96-87,60-137-39-30-68(120)103(7)47-75(127)109(13)53-81(133)112(16)56-78(130)106(10)50-71(123)98(2)42-63(115)26-19-22-34-90-94-85)61-138-40-31-69(121)104(8)48-76(128)110(14)54-82(134)113(17)57-79(131)107(11)51-72(124)99(3)43-64(116)27-20-23-35-91-95-86/h18-61H2,1-17H3,(H,88,117). The second-order valence-corrected chi connectivity index (χ2v) is 33.5.